The molecule has 2 aromatic rings. The Kier molecular flexibility index (Phi) is 3.43. The molecular weight excluding hydrogens is 238 g/mol. The first-order valence-corrected chi connectivity index (χ1v) is 6.02. The van der Waals surface area contributed by atoms with E-state index in [-0.39, 0.29) is 0 Å². The van der Waals surface area contributed by atoms with Crippen LogP contribution in [0.4, 0.5) is 11.5 Å². The SMILES string of the molecule is Cc1nn(C)c(N(C)Cc2cccc(N)c2)c1C#N. The lowest BCUT2D eigenvalue weighted by atomic mass is 10.2. The molecule has 0 saturated carbocycles. The third-order valence-corrected chi connectivity index (χ3v) is 3.04. The van der Waals surface area contributed by atoms with E-state index in [0.29, 0.717) is 12.1 Å². The van der Waals surface area contributed by atoms with E-state index in [1.54, 1.807) is 4.68 Å². The molecule has 19 heavy (non-hydrogen) atoms. The number of nitrogen functional groups attached to an aromatic ring is 1. The second-order valence-electron chi connectivity index (χ2n) is 4.62. The molecule has 0 unspecified atom stereocenters. The maximum atomic E-state index is 9.22. The third-order valence-electron chi connectivity index (χ3n) is 3.04. The van der Waals surface area contributed by atoms with Crippen molar-refractivity contribution < 1.29 is 0 Å². The summed E-state index contributed by atoms with van der Waals surface area (Å²) in [5.74, 6) is 0.822. The Morgan fingerprint density at radius 2 is 2.21 bits per heavy atom. The molecule has 5 heteroatoms. The van der Waals surface area contributed by atoms with Gasteiger partial charge in [-0.05, 0) is 24.6 Å². The minimum absolute atomic E-state index is 0.619. The zero-order valence-electron chi connectivity index (χ0n) is 11.4. The average Bonchev–Trinajstić information content (AvgIpc) is 2.63. The van der Waals surface area contributed by atoms with Gasteiger partial charge < -0.3 is 10.6 Å². The zero-order chi connectivity index (χ0) is 14.0. The molecule has 5 nitrogen and oxygen atoms in total. The fourth-order valence-electron chi connectivity index (χ4n) is 2.25. The normalized spacial score (nSPS) is 10.2. The van der Waals surface area contributed by atoms with Crippen molar-refractivity contribution in [1.82, 2.24) is 9.78 Å². The molecule has 2 N–H and O–H groups in total. The van der Waals surface area contributed by atoms with E-state index >= 15 is 0 Å². The quantitative estimate of drug-likeness (QED) is 0.849. The molecule has 0 aliphatic carbocycles. The van der Waals surface area contributed by atoms with Gasteiger partial charge in [-0.3, -0.25) is 4.68 Å². The molecule has 0 radical (unpaired) electrons. The summed E-state index contributed by atoms with van der Waals surface area (Å²) in [5.41, 5.74) is 8.99. The van der Waals surface area contributed by atoms with Crippen LogP contribution in [0.2, 0.25) is 0 Å². The first-order valence-electron chi connectivity index (χ1n) is 6.02. The van der Waals surface area contributed by atoms with Crippen LogP contribution in [0.3, 0.4) is 0 Å². The Morgan fingerprint density at radius 3 is 2.84 bits per heavy atom. The summed E-state index contributed by atoms with van der Waals surface area (Å²) in [6.45, 7) is 2.52. The molecule has 1 aromatic heterocycles. The number of aromatic nitrogens is 2. The number of nitrogens with zero attached hydrogens (tertiary/aromatic N) is 4. The number of nitrogens with two attached hydrogens (primary N) is 1. The topological polar surface area (TPSA) is 70.9 Å². The molecule has 0 bridgehead atoms. The summed E-state index contributed by atoms with van der Waals surface area (Å²) in [6, 6.07) is 9.95. The van der Waals surface area contributed by atoms with Crippen LogP contribution < -0.4 is 10.6 Å². The van der Waals surface area contributed by atoms with Gasteiger partial charge in [0, 0.05) is 26.3 Å². The maximum absolute atomic E-state index is 9.22. The van der Waals surface area contributed by atoms with Gasteiger partial charge in [0.1, 0.15) is 17.5 Å². The molecule has 98 valence electrons. The van der Waals surface area contributed by atoms with Crippen LogP contribution in [0.25, 0.3) is 0 Å². The van der Waals surface area contributed by atoms with Crippen molar-refractivity contribution in [2.75, 3.05) is 17.7 Å². The van der Waals surface area contributed by atoms with Gasteiger partial charge >= 0.3 is 0 Å². The van der Waals surface area contributed by atoms with E-state index < -0.39 is 0 Å². The Morgan fingerprint density at radius 1 is 1.47 bits per heavy atom. The van der Waals surface area contributed by atoms with Crippen molar-refractivity contribution in [3.8, 4) is 6.07 Å². The zero-order valence-corrected chi connectivity index (χ0v) is 11.4. The van der Waals surface area contributed by atoms with E-state index in [0.717, 1.165) is 22.8 Å². The van der Waals surface area contributed by atoms with Crippen molar-refractivity contribution in [1.29, 1.82) is 5.26 Å². The highest BCUT2D eigenvalue weighted by Crippen LogP contribution is 2.23. The lowest BCUT2D eigenvalue weighted by Crippen LogP contribution is -2.20. The molecule has 0 atom stereocenters. The smallest absolute Gasteiger partial charge is 0.145 e. The number of aryl methyl sites for hydroxylation is 2. The predicted octanol–water partition coefficient (Wildman–Crippen LogP) is 1.82. The molecule has 0 saturated heterocycles. The van der Waals surface area contributed by atoms with Gasteiger partial charge in [-0.1, -0.05) is 12.1 Å². The van der Waals surface area contributed by atoms with Gasteiger partial charge in [-0.15, -0.1) is 0 Å². The van der Waals surface area contributed by atoms with E-state index in [4.69, 9.17) is 5.73 Å². The summed E-state index contributed by atoms with van der Waals surface area (Å²) in [4.78, 5) is 2.01. The molecule has 0 aliphatic heterocycles. The number of rotatable bonds is 3. The van der Waals surface area contributed by atoms with Crippen LogP contribution in [0.5, 0.6) is 0 Å². The molecule has 1 heterocycles. The van der Waals surface area contributed by atoms with Gasteiger partial charge in [-0.2, -0.15) is 10.4 Å². The highest BCUT2D eigenvalue weighted by Gasteiger charge is 2.16. The Bertz CT molecular complexity index is 636. The minimum atomic E-state index is 0.619. The molecule has 2 rings (SSSR count). The third kappa shape index (κ3) is 2.52. The second-order valence-corrected chi connectivity index (χ2v) is 4.62. The van der Waals surface area contributed by atoms with Gasteiger partial charge in [0.05, 0.1) is 5.69 Å². The van der Waals surface area contributed by atoms with E-state index in [1.807, 2.05) is 50.2 Å². The first-order chi connectivity index (χ1) is 9.02. The molecular formula is C14H17N5. The number of hydrogen-bond acceptors (Lipinski definition) is 4. The largest absolute Gasteiger partial charge is 0.399 e. The predicted molar refractivity (Wildman–Crippen MR) is 75.6 cm³/mol. The van der Waals surface area contributed by atoms with Crippen LogP contribution in [0.15, 0.2) is 24.3 Å². The molecule has 0 fully saturated rings. The van der Waals surface area contributed by atoms with Crippen molar-refractivity contribution in [2.45, 2.75) is 13.5 Å². The average molecular weight is 255 g/mol. The van der Waals surface area contributed by atoms with Crippen LogP contribution >= 0.6 is 0 Å². The van der Waals surface area contributed by atoms with E-state index in [2.05, 4.69) is 11.2 Å². The number of hydrogen-bond donors (Lipinski definition) is 1. The molecule has 0 amide bonds. The lowest BCUT2D eigenvalue weighted by Gasteiger charge is -2.19. The van der Waals surface area contributed by atoms with Gasteiger partial charge in [0.2, 0.25) is 0 Å². The second kappa shape index (κ2) is 5.02. The summed E-state index contributed by atoms with van der Waals surface area (Å²) in [7, 11) is 3.79. The standard InChI is InChI=1S/C14H17N5/c1-10-13(8-15)14(19(3)17-10)18(2)9-11-5-4-6-12(16)7-11/h4-7H,9,16H2,1-3H3. The van der Waals surface area contributed by atoms with Crippen LogP contribution in [0.1, 0.15) is 16.8 Å². The summed E-state index contributed by atoms with van der Waals surface area (Å²) < 4.78 is 1.74. The molecule has 0 aliphatic rings. The van der Waals surface area contributed by atoms with Crippen molar-refractivity contribution >= 4 is 11.5 Å². The number of benzene rings is 1. The first kappa shape index (κ1) is 13.0. The van der Waals surface area contributed by atoms with E-state index in [1.165, 1.54) is 0 Å². The minimum Gasteiger partial charge on any atom is -0.399 e. The Labute approximate surface area is 112 Å². The Balaban J connectivity index is 2.31. The van der Waals surface area contributed by atoms with Gasteiger partial charge in [-0.25, -0.2) is 0 Å². The Hall–Kier alpha value is -2.48. The fraction of sp³-hybridized carbons (Fsp3) is 0.286. The van der Waals surface area contributed by atoms with Crippen LogP contribution in [0, 0.1) is 18.3 Å². The van der Waals surface area contributed by atoms with Crippen molar-refractivity contribution in [3.05, 3.63) is 41.1 Å². The monoisotopic (exact) mass is 255 g/mol. The maximum Gasteiger partial charge on any atom is 0.145 e. The fourth-order valence-corrected chi connectivity index (χ4v) is 2.25. The number of nitriles is 1. The summed E-state index contributed by atoms with van der Waals surface area (Å²) >= 11 is 0. The van der Waals surface area contributed by atoms with Crippen molar-refractivity contribution in [3.63, 3.8) is 0 Å². The van der Waals surface area contributed by atoms with Crippen molar-refractivity contribution in [2.24, 2.45) is 7.05 Å². The summed E-state index contributed by atoms with van der Waals surface area (Å²) in [5, 5.41) is 13.5. The van der Waals surface area contributed by atoms with E-state index in [9.17, 15) is 5.26 Å². The van der Waals surface area contributed by atoms with Gasteiger partial charge in [0.15, 0.2) is 0 Å². The molecule has 0 spiro atoms. The highest BCUT2D eigenvalue weighted by molar-refractivity contribution is 5.57. The van der Waals surface area contributed by atoms with Crippen LogP contribution in [-0.4, -0.2) is 16.8 Å². The highest BCUT2D eigenvalue weighted by atomic mass is 15.4. The molecule has 1 aromatic carbocycles. The van der Waals surface area contributed by atoms with Gasteiger partial charge in [0.25, 0.3) is 0 Å². The lowest BCUT2D eigenvalue weighted by molar-refractivity contribution is 0.726. The summed E-state index contributed by atoms with van der Waals surface area (Å²) in [6.07, 6.45) is 0. The van der Waals surface area contributed by atoms with Crippen LogP contribution in [-0.2, 0) is 13.6 Å². The number of anilines is 2.